The second-order valence-electron chi connectivity index (χ2n) is 5.87. The lowest BCUT2D eigenvalue weighted by Crippen LogP contribution is -2.31. The number of rotatable bonds is 8. The van der Waals surface area contributed by atoms with Crippen LogP contribution < -0.4 is 10.1 Å². The molecular formula is C21H19NO6. The van der Waals surface area contributed by atoms with E-state index in [0.29, 0.717) is 23.5 Å². The summed E-state index contributed by atoms with van der Waals surface area (Å²) in [5, 5.41) is 3.24. The summed E-state index contributed by atoms with van der Waals surface area (Å²) >= 11 is 0. The van der Waals surface area contributed by atoms with Crippen molar-refractivity contribution in [1.29, 1.82) is 0 Å². The number of hydrogen-bond acceptors (Lipinski definition) is 6. The molecule has 0 bridgehead atoms. The van der Waals surface area contributed by atoms with Gasteiger partial charge in [-0.05, 0) is 43.3 Å². The van der Waals surface area contributed by atoms with Gasteiger partial charge in [-0.2, -0.15) is 0 Å². The lowest BCUT2D eigenvalue weighted by Gasteiger charge is -2.07. The molecule has 2 aromatic carbocycles. The summed E-state index contributed by atoms with van der Waals surface area (Å²) in [6.07, 6.45) is 0. The molecule has 1 amide bonds. The Balaban J connectivity index is 1.46. The van der Waals surface area contributed by atoms with Crippen LogP contribution in [-0.4, -0.2) is 37.4 Å². The monoisotopic (exact) mass is 381 g/mol. The highest BCUT2D eigenvalue weighted by Crippen LogP contribution is 2.19. The molecule has 0 aliphatic rings. The van der Waals surface area contributed by atoms with E-state index < -0.39 is 24.3 Å². The van der Waals surface area contributed by atoms with E-state index in [9.17, 15) is 14.4 Å². The third kappa shape index (κ3) is 4.76. The van der Waals surface area contributed by atoms with E-state index in [1.165, 1.54) is 0 Å². The SMILES string of the molecule is CCOc1ccc(C(=O)NCC(=O)OCC(=O)c2cc3ccccc3o2)cc1. The van der Waals surface area contributed by atoms with Crippen LogP contribution in [-0.2, 0) is 9.53 Å². The van der Waals surface area contributed by atoms with Crippen LogP contribution in [0.4, 0.5) is 0 Å². The highest BCUT2D eigenvalue weighted by molar-refractivity contribution is 5.99. The number of amides is 1. The molecule has 0 saturated carbocycles. The fourth-order valence-corrected chi connectivity index (χ4v) is 2.51. The first-order valence-corrected chi connectivity index (χ1v) is 8.75. The minimum Gasteiger partial charge on any atom is -0.494 e. The Labute approximate surface area is 161 Å². The van der Waals surface area contributed by atoms with Crippen LogP contribution in [0.2, 0.25) is 0 Å². The fraction of sp³-hybridized carbons (Fsp3) is 0.190. The highest BCUT2D eigenvalue weighted by atomic mass is 16.5. The van der Waals surface area contributed by atoms with Crippen molar-refractivity contribution >= 4 is 28.6 Å². The topological polar surface area (TPSA) is 94.8 Å². The second kappa shape index (κ2) is 8.85. The molecule has 7 heteroatoms. The van der Waals surface area contributed by atoms with Crippen molar-refractivity contribution in [1.82, 2.24) is 5.32 Å². The van der Waals surface area contributed by atoms with Crippen molar-refractivity contribution in [3.63, 3.8) is 0 Å². The molecular weight excluding hydrogens is 362 g/mol. The summed E-state index contributed by atoms with van der Waals surface area (Å²) in [6.45, 7) is 1.59. The number of Topliss-reactive ketones (excluding diaryl/α,β-unsaturated/α-hetero) is 1. The molecule has 1 heterocycles. The van der Waals surface area contributed by atoms with Crippen LogP contribution in [0, 0.1) is 0 Å². The highest BCUT2D eigenvalue weighted by Gasteiger charge is 2.15. The third-order valence-electron chi connectivity index (χ3n) is 3.89. The van der Waals surface area contributed by atoms with E-state index in [0.717, 1.165) is 5.39 Å². The van der Waals surface area contributed by atoms with Gasteiger partial charge in [-0.25, -0.2) is 0 Å². The van der Waals surface area contributed by atoms with E-state index in [1.54, 1.807) is 42.5 Å². The molecule has 0 aliphatic carbocycles. The van der Waals surface area contributed by atoms with Crippen LogP contribution in [0.15, 0.2) is 59.0 Å². The van der Waals surface area contributed by atoms with Gasteiger partial charge in [-0.3, -0.25) is 14.4 Å². The number of ether oxygens (including phenoxy) is 2. The van der Waals surface area contributed by atoms with Gasteiger partial charge in [0.05, 0.1) is 6.61 Å². The van der Waals surface area contributed by atoms with Gasteiger partial charge < -0.3 is 19.2 Å². The van der Waals surface area contributed by atoms with Crippen LogP contribution in [0.1, 0.15) is 27.8 Å². The Bertz CT molecular complexity index is 957. The van der Waals surface area contributed by atoms with Crippen molar-refractivity contribution in [2.24, 2.45) is 0 Å². The summed E-state index contributed by atoms with van der Waals surface area (Å²) in [4.78, 5) is 35.9. The molecule has 0 saturated heterocycles. The number of furan rings is 1. The van der Waals surface area contributed by atoms with Gasteiger partial charge in [0.1, 0.15) is 17.9 Å². The maximum absolute atomic E-state index is 12.1. The van der Waals surface area contributed by atoms with Crippen molar-refractivity contribution in [3.8, 4) is 5.75 Å². The predicted octanol–water partition coefficient (Wildman–Crippen LogP) is 2.99. The van der Waals surface area contributed by atoms with Gasteiger partial charge in [0.2, 0.25) is 5.78 Å². The zero-order chi connectivity index (χ0) is 19.9. The quantitative estimate of drug-likeness (QED) is 0.476. The average Bonchev–Trinajstić information content (AvgIpc) is 3.15. The summed E-state index contributed by atoms with van der Waals surface area (Å²) in [7, 11) is 0. The van der Waals surface area contributed by atoms with E-state index in [-0.39, 0.29) is 12.3 Å². The molecule has 3 aromatic rings. The molecule has 0 fully saturated rings. The Morgan fingerprint density at radius 1 is 1.04 bits per heavy atom. The van der Waals surface area contributed by atoms with Gasteiger partial charge in [0.25, 0.3) is 5.91 Å². The number of para-hydroxylation sites is 1. The maximum Gasteiger partial charge on any atom is 0.325 e. The minimum atomic E-state index is -0.719. The smallest absolute Gasteiger partial charge is 0.325 e. The number of esters is 1. The molecule has 0 unspecified atom stereocenters. The van der Waals surface area contributed by atoms with Gasteiger partial charge in [0, 0.05) is 10.9 Å². The third-order valence-corrected chi connectivity index (χ3v) is 3.89. The summed E-state index contributed by atoms with van der Waals surface area (Å²) < 4.78 is 15.6. The van der Waals surface area contributed by atoms with Crippen LogP contribution in [0.25, 0.3) is 11.0 Å². The summed E-state index contributed by atoms with van der Waals surface area (Å²) in [5.74, 6) is -0.829. The Morgan fingerprint density at radius 3 is 2.50 bits per heavy atom. The Hall–Kier alpha value is -3.61. The van der Waals surface area contributed by atoms with Crippen molar-refractivity contribution < 1.29 is 28.3 Å². The predicted molar refractivity (Wildman–Crippen MR) is 101 cm³/mol. The van der Waals surface area contributed by atoms with Crippen molar-refractivity contribution in [2.75, 3.05) is 19.8 Å². The Kier molecular flexibility index (Phi) is 6.06. The number of ketones is 1. The van der Waals surface area contributed by atoms with Crippen molar-refractivity contribution in [2.45, 2.75) is 6.92 Å². The van der Waals surface area contributed by atoms with Crippen LogP contribution in [0.5, 0.6) is 5.75 Å². The minimum absolute atomic E-state index is 0.118. The zero-order valence-corrected chi connectivity index (χ0v) is 15.3. The van der Waals surface area contributed by atoms with E-state index in [1.807, 2.05) is 19.1 Å². The number of benzene rings is 2. The molecule has 0 aliphatic heterocycles. The molecule has 0 atom stereocenters. The van der Waals surface area contributed by atoms with Gasteiger partial charge in [0.15, 0.2) is 12.4 Å². The lowest BCUT2D eigenvalue weighted by molar-refractivity contribution is -0.141. The first kappa shape index (κ1) is 19.2. The van der Waals surface area contributed by atoms with Crippen LogP contribution in [0.3, 0.4) is 0 Å². The molecule has 1 N–H and O–H groups in total. The van der Waals surface area contributed by atoms with E-state index >= 15 is 0 Å². The van der Waals surface area contributed by atoms with Gasteiger partial charge in [-0.1, -0.05) is 18.2 Å². The molecule has 7 nitrogen and oxygen atoms in total. The van der Waals surface area contributed by atoms with Gasteiger partial charge in [-0.15, -0.1) is 0 Å². The molecule has 1 aromatic heterocycles. The van der Waals surface area contributed by atoms with E-state index in [4.69, 9.17) is 13.9 Å². The lowest BCUT2D eigenvalue weighted by atomic mass is 10.2. The fourth-order valence-electron chi connectivity index (χ4n) is 2.51. The number of fused-ring (bicyclic) bond motifs is 1. The summed E-state index contributed by atoms with van der Waals surface area (Å²) in [5.41, 5.74) is 0.967. The number of hydrogen-bond donors (Lipinski definition) is 1. The van der Waals surface area contributed by atoms with Crippen molar-refractivity contribution in [3.05, 3.63) is 65.9 Å². The van der Waals surface area contributed by atoms with Crippen LogP contribution >= 0.6 is 0 Å². The normalized spacial score (nSPS) is 10.5. The molecule has 3 rings (SSSR count). The molecule has 0 radical (unpaired) electrons. The number of nitrogens with one attached hydrogen (secondary N) is 1. The first-order chi connectivity index (χ1) is 13.6. The zero-order valence-electron chi connectivity index (χ0n) is 15.3. The second-order valence-corrected chi connectivity index (χ2v) is 5.87. The molecule has 144 valence electrons. The average molecular weight is 381 g/mol. The number of carbonyl (C=O) groups is 3. The molecule has 28 heavy (non-hydrogen) atoms. The maximum atomic E-state index is 12.1. The summed E-state index contributed by atoms with van der Waals surface area (Å²) in [6, 6.07) is 15.3. The number of carbonyl (C=O) groups excluding carboxylic acids is 3. The van der Waals surface area contributed by atoms with E-state index in [2.05, 4.69) is 5.32 Å². The Morgan fingerprint density at radius 2 is 1.79 bits per heavy atom. The molecule has 0 spiro atoms. The standard InChI is InChI=1S/C21H19NO6/c1-2-26-16-9-7-14(8-10-16)21(25)22-12-20(24)27-13-17(23)19-11-15-5-3-4-6-18(15)28-19/h3-11H,2,12-13H2,1H3,(H,22,25). The van der Waals surface area contributed by atoms with Gasteiger partial charge >= 0.3 is 5.97 Å². The first-order valence-electron chi connectivity index (χ1n) is 8.75. The largest absolute Gasteiger partial charge is 0.494 e.